The van der Waals surface area contributed by atoms with Crippen molar-refractivity contribution in [1.82, 2.24) is 0 Å². The van der Waals surface area contributed by atoms with Crippen molar-refractivity contribution in [3.8, 4) is 28.0 Å². The fraction of sp³-hybridized carbons (Fsp3) is 0.115. The third-order valence-electron chi connectivity index (χ3n) is 12.4. The highest BCUT2D eigenvalue weighted by molar-refractivity contribution is 6.15. The lowest BCUT2D eigenvalue weighted by Gasteiger charge is -2.36. The van der Waals surface area contributed by atoms with Gasteiger partial charge in [0.25, 0.3) is 0 Å². The number of hydrogen-bond acceptors (Lipinski definition) is 3. The van der Waals surface area contributed by atoms with Crippen molar-refractivity contribution in [3.05, 3.63) is 198 Å². The van der Waals surface area contributed by atoms with Crippen LogP contribution in [-0.2, 0) is 10.8 Å². The Morgan fingerprint density at radius 1 is 0.545 bits per heavy atom. The number of anilines is 3. The highest BCUT2D eigenvalue weighted by Crippen LogP contribution is 2.54. The van der Waals surface area contributed by atoms with Crippen LogP contribution in [0.5, 0.6) is 5.75 Å². The molecule has 0 saturated heterocycles. The molecule has 3 aliphatic rings. The minimum atomic E-state index is -0.340. The Labute approximate surface area is 321 Å². The Morgan fingerprint density at radius 3 is 2.02 bits per heavy atom. The first-order chi connectivity index (χ1) is 26.9. The summed E-state index contributed by atoms with van der Waals surface area (Å²) < 4.78 is 13.8. The molecule has 7 aromatic carbocycles. The molecule has 0 spiro atoms. The SMILES string of the molecule is CC1(C)c2ccccc2-c2c1ccc1c2oc2c(N(c3ccc(-c4ccccc4)cc3)c3ccc(C4(C)C=CC=C5c6ccccc6OC54)cc3)cccc21. The molecule has 3 heteroatoms. The Kier molecular flexibility index (Phi) is 6.79. The van der Waals surface area contributed by atoms with Crippen molar-refractivity contribution >= 4 is 44.6 Å². The van der Waals surface area contributed by atoms with Gasteiger partial charge in [0.1, 0.15) is 17.4 Å². The highest BCUT2D eigenvalue weighted by atomic mass is 16.5. The van der Waals surface area contributed by atoms with E-state index in [1.54, 1.807) is 0 Å². The zero-order valence-corrected chi connectivity index (χ0v) is 31.1. The zero-order chi connectivity index (χ0) is 36.9. The molecule has 0 amide bonds. The maximum Gasteiger partial charge on any atom is 0.159 e. The van der Waals surface area contributed by atoms with Crippen LogP contribution < -0.4 is 9.64 Å². The van der Waals surface area contributed by atoms with Crippen molar-refractivity contribution < 1.29 is 9.15 Å². The van der Waals surface area contributed by atoms with Crippen LogP contribution in [0, 0.1) is 0 Å². The Morgan fingerprint density at radius 2 is 1.22 bits per heavy atom. The number of rotatable bonds is 5. The number of allylic oxidation sites excluding steroid dienone is 2. The summed E-state index contributed by atoms with van der Waals surface area (Å²) in [5.41, 5.74) is 15.6. The molecule has 0 fully saturated rings. The number of fused-ring (bicyclic) bond motifs is 10. The van der Waals surface area contributed by atoms with E-state index in [0.29, 0.717) is 0 Å². The molecule has 1 aliphatic heterocycles. The second-order valence-corrected chi connectivity index (χ2v) is 15.8. The molecule has 2 aliphatic carbocycles. The number of para-hydroxylation sites is 2. The van der Waals surface area contributed by atoms with Gasteiger partial charge >= 0.3 is 0 Å². The molecule has 2 unspecified atom stereocenters. The minimum absolute atomic E-state index is 0.0940. The molecule has 264 valence electrons. The lowest BCUT2D eigenvalue weighted by atomic mass is 9.72. The smallest absolute Gasteiger partial charge is 0.159 e. The quantitative estimate of drug-likeness (QED) is 0.178. The summed E-state index contributed by atoms with van der Waals surface area (Å²) in [6, 6.07) is 56.8. The van der Waals surface area contributed by atoms with Gasteiger partial charge in [-0.1, -0.05) is 153 Å². The first-order valence-corrected chi connectivity index (χ1v) is 19.2. The fourth-order valence-electron chi connectivity index (χ4n) is 9.48. The van der Waals surface area contributed by atoms with Gasteiger partial charge in [0, 0.05) is 44.3 Å². The molecular formula is C52H39NO2. The van der Waals surface area contributed by atoms with E-state index in [0.717, 1.165) is 44.8 Å². The largest absolute Gasteiger partial charge is 0.484 e. The summed E-state index contributed by atoms with van der Waals surface area (Å²) in [6.45, 7) is 6.93. The van der Waals surface area contributed by atoms with E-state index in [1.807, 2.05) is 6.07 Å². The van der Waals surface area contributed by atoms with Crippen molar-refractivity contribution in [3.63, 3.8) is 0 Å². The molecule has 0 saturated carbocycles. The van der Waals surface area contributed by atoms with Crippen LogP contribution in [0.2, 0.25) is 0 Å². The highest BCUT2D eigenvalue weighted by Gasteiger charge is 2.44. The van der Waals surface area contributed by atoms with Crippen LogP contribution in [0.4, 0.5) is 17.1 Å². The topological polar surface area (TPSA) is 25.6 Å². The molecule has 3 nitrogen and oxygen atoms in total. The summed E-state index contributed by atoms with van der Waals surface area (Å²) in [5, 5.41) is 2.24. The molecule has 2 atom stereocenters. The normalized spacial score (nSPS) is 18.7. The predicted molar refractivity (Wildman–Crippen MR) is 227 cm³/mol. The van der Waals surface area contributed by atoms with Crippen molar-refractivity contribution in [2.24, 2.45) is 0 Å². The summed E-state index contributed by atoms with van der Waals surface area (Å²) in [4.78, 5) is 2.34. The molecule has 0 N–H and O–H groups in total. The maximum absolute atomic E-state index is 7.13. The average Bonchev–Trinajstić information content (AvgIpc) is 3.88. The standard InChI is InChI=1S/C52H39NO2/c1-51(2)43-19-9-7-16-42(43)47-44(51)31-30-40-39-17-11-20-45(48(39)55-49(40)47)53(36-26-22-34(23-27-36)33-13-5-4-6-14-33)37-28-24-35(25-29-37)52(3)32-12-18-41-38-15-8-10-21-46(38)54-50(41)52/h4-32,50H,1-3H3. The number of ether oxygens (including phenoxy) is 1. The molecule has 11 rings (SSSR count). The number of benzene rings is 7. The summed E-state index contributed by atoms with van der Waals surface area (Å²) >= 11 is 0. The van der Waals surface area contributed by atoms with E-state index in [1.165, 1.54) is 50.1 Å². The Balaban J connectivity index is 1.06. The third-order valence-corrected chi connectivity index (χ3v) is 12.4. The van der Waals surface area contributed by atoms with Gasteiger partial charge in [0.15, 0.2) is 5.58 Å². The van der Waals surface area contributed by atoms with Gasteiger partial charge < -0.3 is 14.1 Å². The lowest BCUT2D eigenvalue weighted by Crippen LogP contribution is -2.39. The number of hydrogen-bond donors (Lipinski definition) is 0. The maximum atomic E-state index is 7.13. The van der Waals surface area contributed by atoms with E-state index in [2.05, 4.69) is 196 Å². The third kappa shape index (κ3) is 4.63. The van der Waals surface area contributed by atoms with Crippen LogP contribution in [0.15, 0.2) is 180 Å². The van der Waals surface area contributed by atoms with Crippen LogP contribution in [0.3, 0.4) is 0 Å². The van der Waals surface area contributed by atoms with E-state index >= 15 is 0 Å². The van der Waals surface area contributed by atoms with Crippen molar-refractivity contribution in [2.75, 3.05) is 4.90 Å². The second-order valence-electron chi connectivity index (χ2n) is 15.8. The van der Waals surface area contributed by atoms with Crippen LogP contribution in [0.25, 0.3) is 49.8 Å². The van der Waals surface area contributed by atoms with Gasteiger partial charge in [0.2, 0.25) is 0 Å². The van der Waals surface area contributed by atoms with Gasteiger partial charge in [-0.15, -0.1) is 0 Å². The van der Waals surface area contributed by atoms with Gasteiger partial charge in [-0.2, -0.15) is 0 Å². The van der Waals surface area contributed by atoms with E-state index in [-0.39, 0.29) is 16.9 Å². The predicted octanol–water partition coefficient (Wildman–Crippen LogP) is 13.7. The molecule has 0 bridgehead atoms. The van der Waals surface area contributed by atoms with E-state index < -0.39 is 0 Å². The van der Waals surface area contributed by atoms with Crippen molar-refractivity contribution in [1.29, 1.82) is 0 Å². The fourth-order valence-corrected chi connectivity index (χ4v) is 9.48. The molecule has 8 aromatic rings. The van der Waals surface area contributed by atoms with Crippen LogP contribution in [-0.4, -0.2) is 6.10 Å². The molecule has 55 heavy (non-hydrogen) atoms. The van der Waals surface area contributed by atoms with E-state index in [4.69, 9.17) is 9.15 Å². The zero-order valence-electron chi connectivity index (χ0n) is 31.1. The van der Waals surface area contributed by atoms with Gasteiger partial charge in [-0.25, -0.2) is 0 Å². The first-order valence-electron chi connectivity index (χ1n) is 19.2. The number of nitrogens with zero attached hydrogens (tertiary/aromatic N) is 1. The molecular weight excluding hydrogens is 671 g/mol. The van der Waals surface area contributed by atoms with Crippen LogP contribution in [0.1, 0.15) is 43.0 Å². The van der Waals surface area contributed by atoms with E-state index in [9.17, 15) is 0 Å². The summed E-state index contributed by atoms with van der Waals surface area (Å²) in [6.07, 6.45) is 6.58. The second kappa shape index (κ2) is 11.7. The monoisotopic (exact) mass is 709 g/mol. The Bertz CT molecular complexity index is 2880. The van der Waals surface area contributed by atoms with Gasteiger partial charge in [0.05, 0.1) is 11.1 Å². The molecule has 2 heterocycles. The van der Waals surface area contributed by atoms with Crippen molar-refractivity contribution in [2.45, 2.75) is 37.7 Å². The minimum Gasteiger partial charge on any atom is -0.484 e. The molecule has 0 radical (unpaired) electrons. The van der Waals surface area contributed by atoms with Gasteiger partial charge in [-0.05, 0) is 76.7 Å². The lowest BCUT2D eigenvalue weighted by molar-refractivity contribution is 0.208. The summed E-state index contributed by atoms with van der Waals surface area (Å²) in [7, 11) is 0. The summed E-state index contributed by atoms with van der Waals surface area (Å²) in [5.74, 6) is 0.951. The molecule has 1 aromatic heterocycles. The van der Waals surface area contributed by atoms with Crippen LogP contribution >= 0.6 is 0 Å². The Hall–Kier alpha value is -6.58. The van der Waals surface area contributed by atoms with Gasteiger partial charge in [-0.3, -0.25) is 0 Å². The first kappa shape index (κ1) is 31.9. The average molecular weight is 710 g/mol. The number of furan rings is 1.